The number of anilines is 1. The molecule has 158 valence electrons. The van der Waals surface area contributed by atoms with E-state index in [1.807, 2.05) is 6.92 Å². The maximum Gasteiger partial charge on any atom is 0.282 e. The molecule has 2 aliphatic heterocycles. The summed E-state index contributed by atoms with van der Waals surface area (Å²) >= 11 is 0. The van der Waals surface area contributed by atoms with Gasteiger partial charge in [-0.25, -0.2) is 4.39 Å². The number of amides is 1. The Kier molecular flexibility index (Phi) is 5.67. The molecule has 1 amide bonds. The Morgan fingerprint density at radius 2 is 1.83 bits per heavy atom. The van der Waals surface area contributed by atoms with Crippen LogP contribution >= 0.6 is 0 Å². The molecule has 7 nitrogen and oxygen atoms in total. The van der Waals surface area contributed by atoms with Gasteiger partial charge in [-0.3, -0.25) is 14.9 Å². The van der Waals surface area contributed by atoms with Gasteiger partial charge in [-0.05, 0) is 49.6 Å². The van der Waals surface area contributed by atoms with Crippen molar-refractivity contribution < 1.29 is 18.8 Å². The first-order chi connectivity index (χ1) is 14.4. The van der Waals surface area contributed by atoms with Crippen LogP contribution in [-0.2, 0) is 4.74 Å². The van der Waals surface area contributed by atoms with Gasteiger partial charge >= 0.3 is 0 Å². The van der Waals surface area contributed by atoms with E-state index in [1.165, 1.54) is 18.2 Å². The zero-order chi connectivity index (χ0) is 21.3. The molecule has 2 atom stereocenters. The minimum absolute atomic E-state index is 0.0956. The second-order valence-corrected chi connectivity index (χ2v) is 7.85. The third kappa shape index (κ3) is 4.14. The van der Waals surface area contributed by atoms with Gasteiger partial charge < -0.3 is 14.5 Å². The summed E-state index contributed by atoms with van der Waals surface area (Å²) in [6, 6.07) is 10.9. The van der Waals surface area contributed by atoms with E-state index in [4.69, 9.17) is 4.74 Å². The smallest absolute Gasteiger partial charge is 0.282 e. The average molecular weight is 413 g/mol. The maximum absolute atomic E-state index is 13.3. The van der Waals surface area contributed by atoms with Gasteiger partial charge in [0, 0.05) is 37.9 Å². The molecule has 0 bridgehead atoms. The minimum Gasteiger partial charge on any atom is -0.367 e. The Hall–Kier alpha value is -3.00. The van der Waals surface area contributed by atoms with E-state index in [0.717, 1.165) is 24.1 Å². The average Bonchev–Trinajstić information content (AvgIpc) is 3.27. The van der Waals surface area contributed by atoms with Crippen LogP contribution in [0.3, 0.4) is 0 Å². The van der Waals surface area contributed by atoms with Gasteiger partial charge in [0.25, 0.3) is 11.6 Å². The summed E-state index contributed by atoms with van der Waals surface area (Å²) in [6.07, 6.45) is 1.48. The van der Waals surface area contributed by atoms with Crippen LogP contribution in [0.4, 0.5) is 15.8 Å². The van der Waals surface area contributed by atoms with Crippen LogP contribution in [-0.4, -0.2) is 48.0 Å². The Morgan fingerprint density at radius 1 is 1.13 bits per heavy atom. The summed E-state index contributed by atoms with van der Waals surface area (Å²) in [7, 11) is 0. The second-order valence-electron chi connectivity index (χ2n) is 7.85. The molecule has 0 spiro atoms. The fourth-order valence-electron chi connectivity index (χ4n) is 4.17. The fraction of sp³-hybridized carbons (Fsp3) is 0.409. The summed E-state index contributed by atoms with van der Waals surface area (Å²) in [4.78, 5) is 27.7. The summed E-state index contributed by atoms with van der Waals surface area (Å²) in [5.41, 5.74) is 1.55. The molecule has 2 unspecified atom stereocenters. The van der Waals surface area contributed by atoms with Crippen molar-refractivity contribution in [2.24, 2.45) is 0 Å². The molecule has 4 rings (SSSR count). The van der Waals surface area contributed by atoms with E-state index < -0.39 is 4.92 Å². The number of morpholine rings is 1. The standard InChI is InChI=1S/C22H24FN3O4/c1-15-13-25(14-21(30-15)16-4-6-17(23)7-5-16)18-8-9-20(26(28)29)19(12-18)22(27)24-10-2-3-11-24/h4-9,12,15,21H,2-3,10-11,13-14H2,1H3. The van der Waals surface area contributed by atoms with Crippen LogP contribution < -0.4 is 4.90 Å². The highest BCUT2D eigenvalue weighted by Gasteiger charge is 2.30. The van der Waals surface area contributed by atoms with Crippen molar-refractivity contribution >= 4 is 17.3 Å². The number of halogens is 1. The van der Waals surface area contributed by atoms with Crippen LogP contribution in [0.25, 0.3) is 0 Å². The lowest BCUT2D eigenvalue weighted by Gasteiger charge is -2.38. The Bertz CT molecular complexity index is 944. The van der Waals surface area contributed by atoms with Crippen molar-refractivity contribution in [3.05, 3.63) is 69.5 Å². The fourth-order valence-corrected chi connectivity index (χ4v) is 4.17. The number of carbonyl (C=O) groups excluding carboxylic acids is 1. The highest BCUT2D eigenvalue weighted by molar-refractivity contribution is 5.99. The van der Waals surface area contributed by atoms with Crippen molar-refractivity contribution in [3.63, 3.8) is 0 Å². The van der Waals surface area contributed by atoms with Gasteiger partial charge in [0.2, 0.25) is 0 Å². The first kappa shape index (κ1) is 20.3. The third-order valence-electron chi connectivity index (χ3n) is 5.67. The van der Waals surface area contributed by atoms with Crippen LogP contribution in [0.2, 0.25) is 0 Å². The predicted octanol–water partition coefficient (Wildman–Crippen LogP) is 3.94. The van der Waals surface area contributed by atoms with Gasteiger partial charge in [-0.1, -0.05) is 12.1 Å². The maximum atomic E-state index is 13.3. The van der Waals surface area contributed by atoms with Crippen LogP contribution in [0.15, 0.2) is 42.5 Å². The Labute approximate surface area is 174 Å². The highest BCUT2D eigenvalue weighted by Crippen LogP contribution is 2.32. The van der Waals surface area contributed by atoms with Crippen molar-refractivity contribution in [2.45, 2.75) is 32.0 Å². The highest BCUT2D eigenvalue weighted by atomic mass is 19.1. The molecule has 0 N–H and O–H groups in total. The van der Waals surface area contributed by atoms with Crippen LogP contribution in [0, 0.1) is 15.9 Å². The number of hydrogen-bond acceptors (Lipinski definition) is 5. The number of nitro benzene ring substituents is 1. The summed E-state index contributed by atoms with van der Waals surface area (Å²) in [5.74, 6) is -0.600. The van der Waals surface area contributed by atoms with Gasteiger partial charge in [0.15, 0.2) is 0 Å². The molecule has 0 aliphatic carbocycles. The zero-order valence-corrected chi connectivity index (χ0v) is 16.8. The van der Waals surface area contributed by atoms with Crippen molar-refractivity contribution in [1.29, 1.82) is 0 Å². The minimum atomic E-state index is -0.504. The van der Waals surface area contributed by atoms with E-state index in [9.17, 15) is 19.3 Å². The van der Waals surface area contributed by atoms with Crippen molar-refractivity contribution in [3.8, 4) is 0 Å². The lowest BCUT2D eigenvalue weighted by molar-refractivity contribution is -0.385. The van der Waals surface area contributed by atoms with Crippen LogP contribution in [0.5, 0.6) is 0 Å². The van der Waals surface area contributed by atoms with E-state index in [-0.39, 0.29) is 35.2 Å². The van der Waals surface area contributed by atoms with Gasteiger partial charge in [-0.15, -0.1) is 0 Å². The molecule has 0 radical (unpaired) electrons. The Morgan fingerprint density at radius 3 is 2.50 bits per heavy atom. The normalized spacial score (nSPS) is 21.7. The molecular weight excluding hydrogens is 389 g/mol. The number of likely N-dealkylation sites (tertiary alicyclic amines) is 1. The molecular formula is C22H24FN3O4. The summed E-state index contributed by atoms with van der Waals surface area (Å²) in [6.45, 7) is 4.30. The molecule has 0 aromatic heterocycles. The predicted molar refractivity (Wildman–Crippen MR) is 110 cm³/mol. The van der Waals surface area contributed by atoms with Crippen LogP contribution in [0.1, 0.15) is 41.8 Å². The zero-order valence-electron chi connectivity index (χ0n) is 16.8. The van der Waals surface area contributed by atoms with Crippen molar-refractivity contribution in [1.82, 2.24) is 4.90 Å². The third-order valence-corrected chi connectivity index (χ3v) is 5.67. The first-order valence-corrected chi connectivity index (χ1v) is 10.2. The summed E-state index contributed by atoms with van der Waals surface area (Å²) < 4.78 is 19.3. The molecule has 0 saturated carbocycles. The van der Waals surface area contributed by atoms with E-state index >= 15 is 0 Å². The number of benzene rings is 2. The lowest BCUT2D eigenvalue weighted by atomic mass is 10.0. The monoisotopic (exact) mass is 413 g/mol. The summed E-state index contributed by atoms with van der Waals surface area (Å²) in [5, 5.41) is 11.5. The van der Waals surface area contributed by atoms with Gasteiger partial charge in [0.05, 0.1) is 11.0 Å². The number of rotatable bonds is 4. The SMILES string of the molecule is CC1CN(c2ccc([N+](=O)[O-])c(C(=O)N3CCCC3)c2)CC(c2ccc(F)cc2)O1. The molecule has 30 heavy (non-hydrogen) atoms. The molecule has 2 heterocycles. The van der Waals surface area contributed by atoms with Gasteiger partial charge in [-0.2, -0.15) is 0 Å². The number of carbonyl (C=O) groups is 1. The molecule has 2 saturated heterocycles. The largest absolute Gasteiger partial charge is 0.367 e. The molecule has 2 aliphatic rings. The molecule has 8 heteroatoms. The molecule has 2 fully saturated rings. The number of hydrogen-bond donors (Lipinski definition) is 0. The topological polar surface area (TPSA) is 75.9 Å². The quantitative estimate of drug-likeness (QED) is 0.561. The first-order valence-electron chi connectivity index (χ1n) is 10.2. The molecule has 2 aromatic rings. The Balaban J connectivity index is 1.63. The number of nitro groups is 1. The molecule has 2 aromatic carbocycles. The van der Waals surface area contributed by atoms with Gasteiger partial charge in [0.1, 0.15) is 17.5 Å². The lowest BCUT2D eigenvalue weighted by Crippen LogP contribution is -2.43. The van der Waals surface area contributed by atoms with Crippen molar-refractivity contribution in [2.75, 3.05) is 31.1 Å². The van der Waals surface area contributed by atoms with E-state index in [1.54, 1.807) is 29.2 Å². The number of nitrogens with zero attached hydrogens (tertiary/aromatic N) is 3. The number of ether oxygens (including phenoxy) is 1. The second kappa shape index (κ2) is 8.39. The van der Waals surface area contributed by atoms with E-state index in [2.05, 4.69) is 4.90 Å². The van der Waals surface area contributed by atoms with E-state index in [0.29, 0.717) is 26.2 Å².